The van der Waals surface area contributed by atoms with Gasteiger partial charge in [0.05, 0.1) is 19.3 Å². The van der Waals surface area contributed by atoms with Crippen molar-refractivity contribution < 1.29 is 18.9 Å². The van der Waals surface area contributed by atoms with E-state index < -0.39 is 0 Å². The first-order chi connectivity index (χ1) is 23.8. The predicted molar refractivity (Wildman–Crippen MR) is 196 cm³/mol. The molecule has 6 rings (SSSR count). The van der Waals surface area contributed by atoms with Crippen LogP contribution in [0.15, 0.2) is 107 Å². The summed E-state index contributed by atoms with van der Waals surface area (Å²) in [5.41, 5.74) is 9.14. The van der Waals surface area contributed by atoms with Gasteiger partial charge in [0.25, 0.3) is 5.91 Å². The molecule has 3 aromatic carbocycles. The van der Waals surface area contributed by atoms with Gasteiger partial charge in [0.2, 0.25) is 11.7 Å². The Bertz CT molecular complexity index is 2180. The lowest BCUT2D eigenvalue weighted by atomic mass is 9.90. The number of aromatic nitrogens is 2. The number of rotatable bonds is 11. The number of phenols is 1. The van der Waals surface area contributed by atoms with Gasteiger partial charge in [-0.15, -0.1) is 0 Å². The van der Waals surface area contributed by atoms with Crippen LogP contribution in [0.4, 0.5) is 5.69 Å². The summed E-state index contributed by atoms with van der Waals surface area (Å²) < 4.78 is 12.9. The van der Waals surface area contributed by atoms with Crippen molar-refractivity contribution >= 4 is 28.8 Å². The van der Waals surface area contributed by atoms with Gasteiger partial charge in [0.15, 0.2) is 0 Å². The van der Waals surface area contributed by atoms with Gasteiger partial charge in [-0.05, 0) is 75.2 Å². The molecule has 0 spiro atoms. The zero-order valence-electron chi connectivity index (χ0n) is 28.9. The maximum Gasteiger partial charge on any atom is 0.271 e. The van der Waals surface area contributed by atoms with Crippen LogP contribution in [-0.4, -0.2) is 48.0 Å². The third-order valence-corrected chi connectivity index (χ3v) is 9.04. The first kappa shape index (κ1) is 33.2. The van der Waals surface area contributed by atoms with Gasteiger partial charge < -0.3 is 14.4 Å². The van der Waals surface area contributed by atoms with Gasteiger partial charge in [0, 0.05) is 58.5 Å². The van der Waals surface area contributed by atoms with Crippen molar-refractivity contribution in [1.82, 2.24) is 14.6 Å². The fourth-order valence-electron chi connectivity index (χ4n) is 6.46. The number of nitrogens with one attached hydrogen (secondary N) is 1. The van der Waals surface area contributed by atoms with Crippen molar-refractivity contribution in [3.8, 4) is 28.2 Å². The molecule has 1 amide bonds. The molecule has 1 aromatic heterocycles. The number of hydrazone groups is 1. The van der Waals surface area contributed by atoms with Crippen LogP contribution in [0.1, 0.15) is 49.2 Å². The summed E-state index contributed by atoms with van der Waals surface area (Å²) in [6.45, 7) is 12.7. The van der Waals surface area contributed by atoms with Crippen LogP contribution < -0.4 is 24.8 Å². The first-order valence-electron chi connectivity index (χ1n) is 16.9. The minimum atomic E-state index is -0.357. The van der Waals surface area contributed by atoms with Gasteiger partial charge in [-0.2, -0.15) is 5.10 Å². The SMILES string of the molecule is CCN(CC)c1ccc2c(-c3ccccc3C(=O)N/N=C/c3cc(Cn4cc[n+](C)c4)ccc3O)c3ccc(=[N+](CC)CC)cc-3oc2c1. The Hall–Kier alpha value is -5.70. The van der Waals surface area contributed by atoms with Gasteiger partial charge in [-0.1, -0.05) is 24.3 Å². The van der Waals surface area contributed by atoms with E-state index in [0.717, 1.165) is 76.2 Å². The number of aromatic hydroxyl groups is 1. The van der Waals surface area contributed by atoms with Crippen LogP contribution >= 0.6 is 0 Å². The molecule has 2 aliphatic rings. The highest BCUT2D eigenvalue weighted by Crippen LogP contribution is 2.42. The molecule has 0 saturated heterocycles. The second-order valence-corrected chi connectivity index (χ2v) is 12.1. The fourth-order valence-corrected chi connectivity index (χ4v) is 6.46. The Morgan fingerprint density at radius 2 is 1.78 bits per heavy atom. The predicted octanol–water partition coefficient (Wildman–Crippen LogP) is 6.01. The number of phenolic OH excluding ortho intramolecular Hbond substituents is 1. The van der Waals surface area contributed by atoms with E-state index in [2.05, 4.69) is 84.1 Å². The van der Waals surface area contributed by atoms with E-state index in [9.17, 15) is 9.90 Å². The normalized spacial score (nSPS) is 11.4. The molecule has 2 N–H and O–H groups in total. The topological polar surface area (TPSA) is 89.9 Å². The van der Waals surface area contributed by atoms with Crippen LogP contribution in [0.25, 0.3) is 33.4 Å². The average Bonchev–Trinajstić information content (AvgIpc) is 3.53. The maximum atomic E-state index is 13.8. The summed E-state index contributed by atoms with van der Waals surface area (Å²) in [5.74, 6) is 0.476. The Morgan fingerprint density at radius 3 is 2.51 bits per heavy atom. The Labute approximate surface area is 287 Å². The number of hydrogen-bond donors (Lipinski definition) is 2. The van der Waals surface area contributed by atoms with Crippen molar-refractivity contribution in [2.75, 3.05) is 31.1 Å². The summed E-state index contributed by atoms with van der Waals surface area (Å²) in [4.78, 5) is 16.1. The van der Waals surface area contributed by atoms with E-state index in [0.29, 0.717) is 17.7 Å². The Kier molecular flexibility index (Phi) is 9.89. The summed E-state index contributed by atoms with van der Waals surface area (Å²) in [7, 11) is 1.97. The third kappa shape index (κ3) is 6.97. The molecular formula is C40H44N6O3+2. The van der Waals surface area contributed by atoms with Crippen LogP contribution in [0, 0.1) is 0 Å². The maximum absolute atomic E-state index is 13.8. The van der Waals surface area contributed by atoms with Gasteiger partial charge in [-0.25, -0.2) is 19.1 Å². The van der Waals surface area contributed by atoms with Gasteiger partial charge in [-0.3, -0.25) is 4.79 Å². The quantitative estimate of drug-likeness (QED) is 0.0775. The van der Waals surface area contributed by atoms with E-state index in [4.69, 9.17) is 4.42 Å². The van der Waals surface area contributed by atoms with Gasteiger partial charge in [0.1, 0.15) is 49.1 Å². The Morgan fingerprint density at radius 1 is 0.980 bits per heavy atom. The lowest BCUT2D eigenvalue weighted by Crippen LogP contribution is -2.29. The largest absolute Gasteiger partial charge is 0.507 e. The van der Waals surface area contributed by atoms with Crippen molar-refractivity contribution in [1.29, 1.82) is 0 Å². The summed E-state index contributed by atoms with van der Waals surface area (Å²) in [5, 5.41) is 16.8. The highest BCUT2D eigenvalue weighted by atomic mass is 16.3. The summed E-state index contributed by atoms with van der Waals surface area (Å²) in [6, 6.07) is 25.6. The van der Waals surface area contributed by atoms with Crippen LogP contribution in [-0.2, 0) is 13.6 Å². The monoisotopic (exact) mass is 656 g/mol. The van der Waals surface area contributed by atoms with Gasteiger partial charge >= 0.3 is 0 Å². The van der Waals surface area contributed by atoms with Crippen LogP contribution in [0.2, 0.25) is 0 Å². The standard InChI is InChI=1S/C40H42N6O3/c1-6-45(7-2)30-15-17-34-37(23-30)49-38-24-31(46(8-3)9-4)16-18-35(38)39(34)32-12-10-11-13-33(32)40(48)42-41-25-29-22-28(14-19-36(29)47)26-44-21-20-43(5)27-44/h10-25,27H,6-9,26H2,1-5H3/p+2. The third-order valence-electron chi connectivity index (χ3n) is 9.04. The first-order valence-corrected chi connectivity index (χ1v) is 16.9. The summed E-state index contributed by atoms with van der Waals surface area (Å²) in [6.07, 6.45) is 7.42. The molecule has 9 nitrogen and oxygen atoms in total. The molecule has 0 saturated carbocycles. The molecule has 1 aliphatic heterocycles. The molecule has 0 atom stereocenters. The van der Waals surface area contributed by atoms with E-state index in [-0.39, 0.29) is 11.7 Å². The highest BCUT2D eigenvalue weighted by molar-refractivity contribution is 6.09. The lowest BCUT2D eigenvalue weighted by molar-refractivity contribution is -0.671. The smallest absolute Gasteiger partial charge is 0.271 e. The van der Waals surface area contributed by atoms with Crippen molar-refractivity contribution in [3.05, 3.63) is 120 Å². The average molecular weight is 657 g/mol. The lowest BCUT2D eigenvalue weighted by Gasteiger charge is -2.22. The number of carbonyl (C=O) groups is 1. The molecule has 9 heteroatoms. The van der Waals surface area contributed by atoms with Crippen LogP contribution in [0.5, 0.6) is 5.75 Å². The molecular weight excluding hydrogens is 612 g/mol. The minimum absolute atomic E-state index is 0.0827. The number of carbonyl (C=O) groups excluding carboxylic acids is 1. The number of amides is 1. The zero-order chi connectivity index (χ0) is 34.5. The molecule has 0 radical (unpaired) electrons. The molecule has 0 unspecified atom stereocenters. The van der Waals surface area contributed by atoms with Crippen molar-refractivity contribution in [3.63, 3.8) is 0 Å². The Balaban J connectivity index is 1.40. The second kappa shape index (κ2) is 14.6. The molecule has 1 aliphatic carbocycles. The molecule has 0 fully saturated rings. The molecule has 49 heavy (non-hydrogen) atoms. The molecule has 2 heterocycles. The van der Waals surface area contributed by atoms with Crippen molar-refractivity contribution in [2.24, 2.45) is 12.1 Å². The van der Waals surface area contributed by atoms with E-state index in [1.165, 1.54) is 6.21 Å². The van der Waals surface area contributed by atoms with Crippen LogP contribution in [0.3, 0.4) is 0 Å². The number of fused-ring (bicyclic) bond motifs is 2. The van der Waals surface area contributed by atoms with E-state index in [1.54, 1.807) is 6.07 Å². The van der Waals surface area contributed by atoms with E-state index in [1.807, 2.05) is 71.3 Å². The number of imidazole rings is 1. The molecule has 250 valence electrons. The number of hydrogen-bond acceptors (Lipinski definition) is 5. The minimum Gasteiger partial charge on any atom is -0.507 e. The highest BCUT2D eigenvalue weighted by Gasteiger charge is 2.23. The zero-order valence-corrected chi connectivity index (χ0v) is 28.9. The molecule has 0 bridgehead atoms. The summed E-state index contributed by atoms with van der Waals surface area (Å²) >= 11 is 0. The van der Waals surface area contributed by atoms with E-state index >= 15 is 0 Å². The fraction of sp³-hybridized carbons (Fsp3) is 0.250. The number of nitrogens with zero attached hydrogens (tertiary/aromatic N) is 5. The molecule has 4 aromatic rings. The number of aryl methyl sites for hydroxylation is 1. The van der Waals surface area contributed by atoms with Crippen molar-refractivity contribution in [2.45, 2.75) is 34.2 Å². The number of benzene rings is 4. The number of anilines is 1. The second-order valence-electron chi connectivity index (χ2n) is 12.1.